The minimum Gasteiger partial charge on any atom is -0.436 e. The predicted molar refractivity (Wildman–Crippen MR) is 77.8 cm³/mol. The molecule has 5 heteroatoms. The van der Waals surface area contributed by atoms with Gasteiger partial charge in [-0.3, -0.25) is 0 Å². The zero-order chi connectivity index (χ0) is 14.1. The maximum absolute atomic E-state index is 9.51. The molecule has 102 valence electrons. The molecule has 2 aromatic heterocycles. The molecule has 0 amide bonds. The van der Waals surface area contributed by atoms with Crippen LogP contribution in [0.15, 0.2) is 45.0 Å². The number of benzene rings is 1. The molecule has 0 radical (unpaired) electrons. The fraction of sp³-hybridized carbons (Fsp3) is 0.200. The monoisotopic (exact) mass is 286 g/mol. The first-order chi connectivity index (χ1) is 9.67. The van der Waals surface area contributed by atoms with Gasteiger partial charge in [-0.1, -0.05) is 18.2 Å². The van der Waals surface area contributed by atoms with Gasteiger partial charge in [0, 0.05) is 10.9 Å². The number of aliphatic hydroxyl groups excluding tert-OH is 1. The number of para-hydroxylation sites is 1. The third kappa shape index (κ3) is 2.42. The average molecular weight is 286 g/mol. The van der Waals surface area contributed by atoms with Crippen LogP contribution in [0, 0.1) is 13.8 Å². The molecule has 0 unspecified atom stereocenters. The van der Waals surface area contributed by atoms with Gasteiger partial charge in [-0.15, -0.1) is 0 Å². The zero-order valence-corrected chi connectivity index (χ0v) is 12.1. The highest BCUT2D eigenvalue weighted by Gasteiger charge is 2.13. The van der Waals surface area contributed by atoms with E-state index in [4.69, 9.17) is 4.42 Å². The Labute approximate surface area is 120 Å². The van der Waals surface area contributed by atoms with Crippen LogP contribution in [0.1, 0.15) is 17.0 Å². The van der Waals surface area contributed by atoms with Crippen LogP contribution >= 0.6 is 11.8 Å². The van der Waals surface area contributed by atoms with E-state index in [-0.39, 0.29) is 6.61 Å². The van der Waals surface area contributed by atoms with E-state index in [0.29, 0.717) is 5.22 Å². The normalized spacial score (nSPS) is 11.2. The molecule has 1 N–H and O–H groups in total. The maximum Gasteiger partial charge on any atom is 0.262 e. The van der Waals surface area contributed by atoms with Crippen molar-refractivity contribution in [2.45, 2.75) is 30.7 Å². The number of fused-ring (bicyclic) bond motifs is 1. The molecule has 3 rings (SSSR count). The number of hydrogen-bond donors (Lipinski definition) is 1. The van der Waals surface area contributed by atoms with Crippen molar-refractivity contribution in [3.8, 4) is 0 Å². The molecule has 1 aromatic carbocycles. The molecule has 4 nitrogen and oxygen atoms in total. The molecule has 0 fully saturated rings. The Balaban J connectivity index is 2.05. The van der Waals surface area contributed by atoms with Crippen molar-refractivity contribution in [3.63, 3.8) is 0 Å². The van der Waals surface area contributed by atoms with Crippen LogP contribution < -0.4 is 0 Å². The van der Waals surface area contributed by atoms with Crippen LogP contribution in [0.2, 0.25) is 0 Å². The molecule has 0 saturated heterocycles. The average Bonchev–Trinajstić information content (AvgIpc) is 2.76. The van der Waals surface area contributed by atoms with Crippen molar-refractivity contribution in [1.82, 2.24) is 9.97 Å². The van der Waals surface area contributed by atoms with Gasteiger partial charge in [-0.25, -0.2) is 9.97 Å². The summed E-state index contributed by atoms with van der Waals surface area (Å²) < 4.78 is 5.56. The molecule has 0 bridgehead atoms. The summed E-state index contributed by atoms with van der Waals surface area (Å²) in [5.41, 5.74) is 2.55. The third-order valence-corrected chi connectivity index (χ3v) is 4.02. The number of nitrogens with zero attached hydrogens (tertiary/aromatic N) is 2. The van der Waals surface area contributed by atoms with Gasteiger partial charge in [-0.2, -0.15) is 0 Å². The van der Waals surface area contributed by atoms with Crippen LogP contribution in [0.5, 0.6) is 0 Å². The topological polar surface area (TPSA) is 59.2 Å². The number of aliphatic hydroxyl groups is 1. The predicted octanol–water partition coefficient (Wildman–Crippen LogP) is 3.48. The van der Waals surface area contributed by atoms with E-state index in [9.17, 15) is 5.11 Å². The number of hydrogen-bond acceptors (Lipinski definition) is 5. The van der Waals surface area contributed by atoms with Crippen LogP contribution in [-0.4, -0.2) is 15.1 Å². The largest absolute Gasteiger partial charge is 0.436 e. The Kier molecular flexibility index (Phi) is 3.46. The first-order valence-electron chi connectivity index (χ1n) is 6.29. The van der Waals surface area contributed by atoms with E-state index in [1.165, 1.54) is 11.8 Å². The van der Waals surface area contributed by atoms with Crippen molar-refractivity contribution in [3.05, 3.63) is 47.3 Å². The minimum atomic E-state index is -0.0567. The summed E-state index contributed by atoms with van der Waals surface area (Å²) in [6, 6.07) is 9.79. The summed E-state index contributed by atoms with van der Waals surface area (Å²) in [5.74, 6) is 0.804. The highest BCUT2D eigenvalue weighted by molar-refractivity contribution is 7.99. The highest BCUT2D eigenvalue weighted by Crippen LogP contribution is 2.31. The number of rotatable bonds is 3. The summed E-state index contributed by atoms with van der Waals surface area (Å²) in [4.78, 5) is 8.92. The van der Waals surface area contributed by atoms with Gasteiger partial charge < -0.3 is 9.52 Å². The SMILES string of the molecule is Cc1nc(Sc2nc3ccccc3cc2CO)oc1C. The molecular formula is C15H14N2O2S. The molecule has 0 atom stereocenters. The second-order valence-electron chi connectivity index (χ2n) is 4.53. The molecule has 0 aliphatic heterocycles. The Morgan fingerprint density at radius 3 is 2.70 bits per heavy atom. The highest BCUT2D eigenvalue weighted by atomic mass is 32.2. The van der Waals surface area contributed by atoms with Gasteiger partial charge in [0.2, 0.25) is 0 Å². The summed E-state index contributed by atoms with van der Waals surface area (Å²) in [6.07, 6.45) is 0. The Morgan fingerprint density at radius 1 is 1.20 bits per heavy atom. The smallest absolute Gasteiger partial charge is 0.262 e. The molecule has 2 heterocycles. The van der Waals surface area contributed by atoms with Gasteiger partial charge in [0.15, 0.2) is 0 Å². The van der Waals surface area contributed by atoms with Gasteiger partial charge in [-0.05, 0) is 37.7 Å². The molecule has 0 spiro atoms. The van der Waals surface area contributed by atoms with Crippen LogP contribution in [0.4, 0.5) is 0 Å². The Hall–Kier alpha value is -1.85. The summed E-state index contributed by atoms with van der Waals surface area (Å²) in [7, 11) is 0. The Morgan fingerprint density at radius 2 is 2.00 bits per heavy atom. The van der Waals surface area contributed by atoms with Crippen molar-refractivity contribution < 1.29 is 9.52 Å². The van der Waals surface area contributed by atoms with Crippen LogP contribution in [-0.2, 0) is 6.61 Å². The van der Waals surface area contributed by atoms with E-state index in [2.05, 4.69) is 9.97 Å². The first kappa shape index (κ1) is 13.1. The lowest BCUT2D eigenvalue weighted by atomic mass is 10.2. The number of aromatic nitrogens is 2. The van der Waals surface area contributed by atoms with Gasteiger partial charge in [0.1, 0.15) is 10.8 Å². The second kappa shape index (κ2) is 5.26. The van der Waals surface area contributed by atoms with Crippen molar-refractivity contribution >= 4 is 22.7 Å². The second-order valence-corrected chi connectivity index (χ2v) is 5.47. The minimum absolute atomic E-state index is 0.0567. The molecule has 20 heavy (non-hydrogen) atoms. The number of oxazole rings is 1. The first-order valence-corrected chi connectivity index (χ1v) is 7.10. The summed E-state index contributed by atoms with van der Waals surface area (Å²) in [6.45, 7) is 3.73. The van der Waals surface area contributed by atoms with E-state index >= 15 is 0 Å². The molecule has 0 saturated carbocycles. The van der Waals surface area contributed by atoms with Crippen LogP contribution in [0.3, 0.4) is 0 Å². The van der Waals surface area contributed by atoms with Gasteiger partial charge in [0.25, 0.3) is 5.22 Å². The number of aryl methyl sites for hydroxylation is 2. The molecule has 0 aliphatic carbocycles. The Bertz CT molecular complexity index is 748. The van der Waals surface area contributed by atoms with Crippen molar-refractivity contribution in [2.24, 2.45) is 0 Å². The van der Waals surface area contributed by atoms with E-state index in [1.807, 2.05) is 44.2 Å². The standard InChI is InChI=1S/C15H14N2O2S/c1-9-10(2)19-15(16-9)20-14-12(8-18)7-11-5-3-4-6-13(11)17-14/h3-7,18H,8H2,1-2H3. The lowest BCUT2D eigenvalue weighted by Crippen LogP contribution is -1.93. The lowest BCUT2D eigenvalue weighted by molar-refractivity contribution is 0.278. The number of pyridine rings is 1. The van der Waals surface area contributed by atoms with Crippen LogP contribution in [0.25, 0.3) is 10.9 Å². The quantitative estimate of drug-likeness (QED) is 0.798. The van der Waals surface area contributed by atoms with E-state index in [0.717, 1.165) is 32.9 Å². The molecular weight excluding hydrogens is 272 g/mol. The van der Waals surface area contributed by atoms with E-state index < -0.39 is 0 Å². The van der Waals surface area contributed by atoms with Crippen molar-refractivity contribution in [1.29, 1.82) is 0 Å². The fourth-order valence-corrected chi connectivity index (χ4v) is 2.83. The van der Waals surface area contributed by atoms with Gasteiger partial charge in [0.05, 0.1) is 17.8 Å². The molecule has 3 aromatic rings. The van der Waals surface area contributed by atoms with E-state index in [1.54, 1.807) is 0 Å². The fourth-order valence-electron chi connectivity index (χ4n) is 1.91. The third-order valence-electron chi connectivity index (χ3n) is 3.13. The van der Waals surface area contributed by atoms with Crippen molar-refractivity contribution in [2.75, 3.05) is 0 Å². The summed E-state index contributed by atoms with van der Waals surface area (Å²) in [5, 5.41) is 11.8. The van der Waals surface area contributed by atoms with Gasteiger partial charge >= 0.3 is 0 Å². The maximum atomic E-state index is 9.51. The summed E-state index contributed by atoms with van der Waals surface area (Å²) >= 11 is 1.34. The lowest BCUT2D eigenvalue weighted by Gasteiger charge is -2.06. The molecule has 0 aliphatic rings. The zero-order valence-electron chi connectivity index (χ0n) is 11.3.